The highest BCUT2D eigenvalue weighted by atomic mass is 35.5. The standard InChI is InChI=1S/C10H7ClF3N3O2S2/c1-5-4-7(16-9(15-5)10(12,13)14)17-21(18,19)8-3-2-6(11)20-8/h2-4H,1H3,(H,15,16,17). The molecule has 0 saturated heterocycles. The molecule has 2 rings (SSSR count). The number of thiophene rings is 1. The van der Waals surface area contributed by atoms with E-state index >= 15 is 0 Å². The Morgan fingerprint density at radius 1 is 1.29 bits per heavy atom. The molecule has 0 fully saturated rings. The van der Waals surface area contributed by atoms with E-state index < -0.39 is 27.8 Å². The molecule has 11 heteroatoms. The van der Waals surface area contributed by atoms with Gasteiger partial charge in [-0.25, -0.2) is 18.4 Å². The molecule has 0 aliphatic carbocycles. The van der Waals surface area contributed by atoms with Crippen LogP contribution in [-0.4, -0.2) is 18.4 Å². The third-order valence-corrected chi connectivity index (χ3v) is 5.24. The first-order chi connectivity index (χ1) is 9.58. The zero-order valence-electron chi connectivity index (χ0n) is 10.3. The van der Waals surface area contributed by atoms with Gasteiger partial charge in [0.15, 0.2) is 0 Å². The van der Waals surface area contributed by atoms with Crippen LogP contribution < -0.4 is 4.72 Å². The molecule has 2 heterocycles. The van der Waals surface area contributed by atoms with Gasteiger partial charge in [0.2, 0.25) is 5.82 Å². The Bertz CT molecular complexity index is 774. The third kappa shape index (κ3) is 3.83. The van der Waals surface area contributed by atoms with Gasteiger partial charge in [-0.05, 0) is 19.1 Å². The average molecular weight is 358 g/mol. The van der Waals surface area contributed by atoms with Gasteiger partial charge in [-0.2, -0.15) is 13.2 Å². The first-order valence-corrected chi connectivity index (χ1v) is 7.97. The van der Waals surface area contributed by atoms with E-state index in [-0.39, 0.29) is 14.2 Å². The molecule has 0 amide bonds. The number of rotatable bonds is 3. The molecule has 1 N–H and O–H groups in total. The Labute approximate surface area is 126 Å². The zero-order chi connectivity index (χ0) is 15.8. The van der Waals surface area contributed by atoms with Crippen LogP contribution in [0.15, 0.2) is 22.4 Å². The number of hydrogen-bond acceptors (Lipinski definition) is 5. The summed E-state index contributed by atoms with van der Waals surface area (Å²) in [6.07, 6.45) is -4.77. The molecule has 0 radical (unpaired) electrons. The normalized spacial score (nSPS) is 12.4. The number of sulfonamides is 1. The van der Waals surface area contributed by atoms with Crippen LogP contribution >= 0.6 is 22.9 Å². The minimum absolute atomic E-state index is 0.0146. The van der Waals surface area contributed by atoms with Gasteiger partial charge >= 0.3 is 6.18 Å². The van der Waals surface area contributed by atoms with Crippen LogP contribution in [0.25, 0.3) is 0 Å². The predicted octanol–water partition coefficient (Wildman–Crippen LogP) is 3.32. The maximum atomic E-state index is 12.6. The first-order valence-electron chi connectivity index (χ1n) is 5.29. The molecule has 2 aromatic rings. The van der Waals surface area contributed by atoms with E-state index in [0.717, 1.165) is 17.4 Å². The lowest BCUT2D eigenvalue weighted by atomic mass is 10.4. The monoisotopic (exact) mass is 357 g/mol. The molecular formula is C10H7ClF3N3O2S2. The molecule has 2 aromatic heterocycles. The molecule has 0 bridgehead atoms. The molecule has 5 nitrogen and oxygen atoms in total. The second-order valence-electron chi connectivity index (χ2n) is 3.88. The molecule has 114 valence electrons. The van der Waals surface area contributed by atoms with Crippen LogP contribution in [0.4, 0.5) is 19.0 Å². The molecule has 0 aliphatic heterocycles. The Kier molecular flexibility index (Phi) is 4.13. The predicted molar refractivity (Wildman–Crippen MR) is 71.9 cm³/mol. The second kappa shape index (κ2) is 5.43. The fraction of sp³-hybridized carbons (Fsp3) is 0.200. The molecule has 0 saturated carbocycles. The summed E-state index contributed by atoms with van der Waals surface area (Å²) in [5.74, 6) is -1.87. The van der Waals surface area contributed by atoms with Crippen LogP contribution in [-0.2, 0) is 16.2 Å². The summed E-state index contributed by atoms with van der Waals surface area (Å²) < 4.78 is 63.8. The molecule has 0 spiro atoms. The van der Waals surface area contributed by atoms with Crippen molar-refractivity contribution in [1.29, 1.82) is 0 Å². The van der Waals surface area contributed by atoms with E-state index in [1.807, 2.05) is 4.72 Å². The van der Waals surface area contributed by atoms with Gasteiger partial charge in [0, 0.05) is 11.8 Å². The lowest BCUT2D eigenvalue weighted by Gasteiger charge is -2.10. The summed E-state index contributed by atoms with van der Waals surface area (Å²) in [4.78, 5) is 6.39. The van der Waals surface area contributed by atoms with Gasteiger partial charge in [-0.3, -0.25) is 4.72 Å². The van der Waals surface area contributed by atoms with Gasteiger partial charge in [0.1, 0.15) is 10.0 Å². The van der Waals surface area contributed by atoms with Crippen molar-refractivity contribution in [3.8, 4) is 0 Å². The maximum Gasteiger partial charge on any atom is 0.451 e. The van der Waals surface area contributed by atoms with E-state index in [1.54, 1.807) is 0 Å². The van der Waals surface area contributed by atoms with E-state index in [4.69, 9.17) is 11.6 Å². The topological polar surface area (TPSA) is 72.0 Å². The highest BCUT2D eigenvalue weighted by molar-refractivity contribution is 7.94. The van der Waals surface area contributed by atoms with Crippen LogP contribution in [0.5, 0.6) is 0 Å². The van der Waals surface area contributed by atoms with Crippen LogP contribution in [0.3, 0.4) is 0 Å². The van der Waals surface area contributed by atoms with Gasteiger partial charge in [0.25, 0.3) is 10.0 Å². The average Bonchev–Trinajstić information content (AvgIpc) is 2.74. The van der Waals surface area contributed by atoms with Crippen molar-refractivity contribution in [3.05, 3.63) is 34.1 Å². The van der Waals surface area contributed by atoms with E-state index in [1.165, 1.54) is 19.1 Å². The quantitative estimate of drug-likeness (QED) is 0.914. The number of aryl methyl sites for hydroxylation is 1. The Morgan fingerprint density at radius 3 is 2.48 bits per heavy atom. The summed E-state index contributed by atoms with van der Waals surface area (Å²) >= 11 is 6.41. The second-order valence-corrected chi connectivity index (χ2v) is 7.50. The van der Waals surface area contributed by atoms with Crippen LogP contribution in [0.2, 0.25) is 4.34 Å². The van der Waals surface area contributed by atoms with Crippen molar-refractivity contribution in [2.45, 2.75) is 17.3 Å². The Hall–Kier alpha value is -1.39. The van der Waals surface area contributed by atoms with Gasteiger partial charge < -0.3 is 0 Å². The number of halogens is 4. The third-order valence-electron chi connectivity index (χ3n) is 2.16. The van der Waals surface area contributed by atoms with E-state index in [0.29, 0.717) is 0 Å². The zero-order valence-corrected chi connectivity index (χ0v) is 12.7. The van der Waals surface area contributed by atoms with Crippen molar-refractivity contribution < 1.29 is 21.6 Å². The maximum absolute atomic E-state index is 12.6. The van der Waals surface area contributed by atoms with Gasteiger partial charge in [-0.15, -0.1) is 11.3 Å². The summed E-state index contributed by atoms with van der Waals surface area (Å²) in [7, 11) is -4.05. The van der Waals surface area contributed by atoms with Crippen molar-refractivity contribution in [2.24, 2.45) is 0 Å². The van der Waals surface area contributed by atoms with Gasteiger partial charge in [-0.1, -0.05) is 11.6 Å². The Morgan fingerprint density at radius 2 is 1.95 bits per heavy atom. The lowest BCUT2D eigenvalue weighted by Crippen LogP contribution is -2.17. The molecule has 0 aliphatic rings. The highest BCUT2D eigenvalue weighted by Crippen LogP contribution is 2.29. The SMILES string of the molecule is Cc1cc(NS(=O)(=O)c2ccc(Cl)s2)nc(C(F)(F)F)n1. The van der Waals surface area contributed by atoms with E-state index in [9.17, 15) is 21.6 Å². The summed E-state index contributed by atoms with van der Waals surface area (Å²) in [5, 5.41) is 0. The first kappa shape index (κ1) is 16.0. The molecule has 0 unspecified atom stereocenters. The number of aromatic nitrogens is 2. The molecule has 21 heavy (non-hydrogen) atoms. The van der Waals surface area contributed by atoms with Gasteiger partial charge in [0.05, 0.1) is 4.34 Å². The van der Waals surface area contributed by atoms with Crippen LogP contribution in [0.1, 0.15) is 11.5 Å². The number of nitrogens with zero attached hydrogens (tertiary/aromatic N) is 2. The molecule has 0 aromatic carbocycles. The smallest absolute Gasteiger partial charge is 0.263 e. The number of hydrogen-bond donors (Lipinski definition) is 1. The summed E-state index contributed by atoms with van der Waals surface area (Å²) in [6.45, 7) is 1.30. The number of anilines is 1. The molecule has 0 atom stereocenters. The van der Waals surface area contributed by atoms with E-state index in [2.05, 4.69) is 9.97 Å². The minimum atomic E-state index is -4.77. The summed E-state index contributed by atoms with van der Waals surface area (Å²) in [6, 6.07) is 3.71. The highest BCUT2D eigenvalue weighted by Gasteiger charge is 2.35. The Balaban J connectivity index is 2.38. The van der Waals surface area contributed by atoms with Crippen molar-refractivity contribution in [3.63, 3.8) is 0 Å². The van der Waals surface area contributed by atoms with Crippen molar-refractivity contribution >= 4 is 38.8 Å². The fourth-order valence-corrected chi connectivity index (χ4v) is 3.85. The largest absolute Gasteiger partial charge is 0.451 e. The van der Waals surface area contributed by atoms with Crippen molar-refractivity contribution in [1.82, 2.24) is 9.97 Å². The molecular weight excluding hydrogens is 351 g/mol. The van der Waals surface area contributed by atoms with Crippen molar-refractivity contribution in [2.75, 3.05) is 4.72 Å². The minimum Gasteiger partial charge on any atom is -0.263 e. The summed E-state index contributed by atoms with van der Waals surface area (Å²) in [5.41, 5.74) is -0.0146. The van der Waals surface area contributed by atoms with Crippen LogP contribution in [0, 0.1) is 6.92 Å². The number of alkyl halides is 3. The fourth-order valence-electron chi connectivity index (χ4n) is 1.38. The lowest BCUT2D eigenvalue weighted by molar-refractivity contribution is -0.145. The number of nitrogens with one attached hydrogen (secondary N) is 1.